The lowest BCUT2D eigenvalue weighted by atomic mass is 9.83. The van der Waals surface area contributed by atoms with E-state index in [0.29, 0.717) is 0 Å². The van der Waals surface area contributed by atoms with Gasteiger partial charge in [0.1, 0.15) is 0 Å². The Morgan fingerprint density at radius 2 is 1.25 bits per heavy atom. The number of benzene rings is 8. The fraction of sp³-hybridized carbons (Fsp3) is 0.0577. The molecule has 1 nitrogen and oxygen atoms in total. The second-order valence-electron chi connectivity index (χ2n) is 14.5. The molecule has 0 saturated carbocycles. The minimum atomic E-state index is -0.0832. The van der Waals surface area contributed by atoms with Gasteiger partial charge < -0.3 is 0 Å². The third-order valence-corrected chi connectivity index (χ3v) is 14.0. The molecule has 0 saturated heterocycles. The Morgan fingerprint density at radius 1 is 0.582 bits per heavy atom. The van der Waals surface area contributed by atoms with Crippen LogP contribution in [0.25, 0.3) is 74.1 Å². The summed E-state index contributed by atoms with van der Waals surface area (Å²) in [6.07, 6.45) is 0.919. The van der Waals surface area contributed by atoms with Crippen LogP contribution in [0.3, 0.4) is 0 Å². The van der Waals surface area contributed by atoms with E-state index in [1.54, 1.807) is 0 Å². The van der Waals surface area contributed by atoms with Crippen LogP contribution in [-0.4, -0.2) is 5.71 Å². The minimum Gasteiger partial charge on any atom is -0.246 e. The summed E-state index contributed by atoms with van der Waals surface area (Å²) < 4.78 is 3.93. The summed E-state index contributed by atoms with van der Waals surface area (Å²) in [5, 5.41) is 9.07. The molecule has 0 fully saturated rings. The molecule has 1 aliphatic carbocycles. The molecule has 1 aliphatic rings. The summed E-state index contributed by atoms with van der Waals surface area (Å²) in [6.45, 7) is 7.32. The Kier molecular flexibility index (Phi) is 7.48. The molecular formula is C52H35NS2. The Bertz CT molecular complexity index is 3200. The van der Waals surface area contributed by atoms with Gasteiger partial charge in [-0.05, 0) is 79.1 Å². The molecule has 10 aromatic rings. The predicted molar refractivity (Wildman–Crippen MR) is 240 cm³/mol. The molecule has 11 rings (SSSR count). The number of allylic oxidation sites excluding steroid dienone is 1. The molecule has 0 spiro atoms. The average Bonchev–Trinajstić information content (AvgIpc) is 3.93. The van der Waals surface area contributed by atoms with Gasteiger partial charge in [0.2, 0.25) is 0 Å². The van der Waals surface area contributed by atoms with Crippen molar-refractivity contribution < 1.29 is 0 Å². The zero-order valence-electron chi connectivity index (χ0n) is 30.3. The molecule has 2 aromatic heterocycles. The summed E-state index contributed by atoms with van der Waals surface area (Å²) in [4.78, 5) is 7.03. The first-order valence-corrected chi connectivity index (χ1v) is 20.6. The Balaban J connectivity index is 1.21. The molecule has 260 valence electrons. The first kappa shape index (κ1) is 32.3. The molecular weight excluding hydrogens is 703 g/mol. The monoisotopic (exact) mass is 737 g/mol. The van der Waals surface area contributed by atoms with E-state index >= 15 is 0 Å². The van der Waals surface area contributed by atoms with Crippen LogP contribution >= 0.6 is 22.7 Å². The van der Waals surface area contributed by atoms with Crippen molar-refractivity contribution in [2.24, 2.45) is 4.99 Å². The first-order valence-electron chi connectivity index (χ1n) is 19.0. The smallest absolute Gasteiger partial charge is 0.0854 e. The van der Waals surface area contributed by atoms with Gasteiger partial charge in [-0.2, -0.15) is 0 Å². The highest BCUT2D eigenvalue weighted by Gasteiger charge is 2.37. The van der Waals surface area contributed by atoms with Gasteiger partial charge in [0.05, 0.1) is 11.4 Å². The van der Waals surface area contributed by atoms with E-state index in [0.717, 1.165) is 29.0 Å². The highest BCUT2D eigenvalue weighted by Crippen LogP contribution is 2.57. The zero-order valence-corrected chi connectivity index (χ0v) is 32.0. The predicted octanol–water partition coefficient (Wildman–Crippen LogP) is 15.3. The molecule has 8 aromatic carbocycles. The van der Waals surface area contributed by atoms with Crippen LogP contribution in [0.2, 0.25) is 0 Å². The second kappa shape index (κ2) is 12.7. The van der Waals surface area contributed by atoms with Gasteiger partial charge in [0.15, 0.2) is 0 Å². The summed E-state index contributed by atoms with van der Waals surface area (Å²) in [7, 11) is 0. The second-order valence-corrected chi connectivity index (χ2v) is 16.7. The molecule has 1 atom stereocenters. The normalized spacial score (nSPS) is 14.0. The molecule has 3 heteroatoms. The van der Waals surface area contributed by atoms with Gasteiger partial charge in [-0.15, -0.1) is 22.7 Å². The number of rotatable bonds is 6. The van der Waals surface area contributed by atoms with E-state index in [1.807, 2.05) is 22.7 Å². The van der Waals surface area contributed by atoms with Crippen LogP contribution < -0.4 is 0 Å². The quantitative estimate of drug-likeness (QED) is 0.151. The summed E-state index contributed by atoms with van der Waals surface area (Å²) in [6, 6.07) is 59.8. The maximum atomic E-state index is 5.74. The lowest BCUT2D eigenvalue weighted by Gasteiger charge is -2.21. The lowest BCUT2D eigenvalue weighted by Crippen LogP contribution is -2.12. The Morgan fingerprint density at radius 3 is 2.07 bits per heavy atom. The van der Waals surface area contributed by atoms with Crippen molar-refractivity contribution in [3.8, 4) is 22.3 Å². The fourth-order valence-electron chi connectivity index (χ4n) is 9.02. The number of aryl methyl sites for hydroxylation is 1. The molecule has 0 N–H and O–H groups in total. The van der Waals surface area contributed by atoms with Crippen LogP contribution in [0.15, 0.2) is 181 Å². The SMILES string of the molecule is C=C(C(=Nc1c(CC)sc2ccccc12)c1ccc(-c2ccccc2)cc1)C1c2ccccc2-c2c1c1sc3ccc4ccccc4c3c1c1ccccc21. The Hall–Kier alpha value is -6.13. The number of nitrogens with zero attached hydrogens (tertiary/aromatic N) is 1. The fourth-order valence-corrected chi connectivity index (χ4v) is 11.4. The van der Waals surface area contributed by atoms with Crippen LogP contribution in [0.4, 0.5) is 5.69 Å². The summed E-state index contributed by atoms with van der Waals surface area (Å²) >= 11 is 3.78. The van der Waals surface area contributed by atoms with Gasteiger partial charge in [0.25, 0.3) is 0 Å². The number of hydrogen-bond donors (Lipinski definition) is 0. The molecule has 0 bridgehead atoms. The van der Waals surface area contributed by atoms with E-state index in [4.69, 9.17) is 11.6 Å². The first-order chi connectivity index (χ1) is 27.2. The van der Waals surface area contributed by atoms with E-state index < -0.39 is 0 Å². The third kappa shape index (κ3) is 4.93. The van der Waals surface area contributed by atoms with Crippen molar-refractivity contribution in [1.82, 2.24) is 0 Å². The number of hydrogen-bond acceptors (Lipinski definition) is 3. The Labute approximate surface area is 328 Å². The maximum Gasteiger partial charge on any atom is 0.0854 e. The largest absolute Gasteiger partial charge is 0.246 e. The van der Waals surface area contributed by atoms with Gasteiger partial charge in [-0.25, -0.2) is 4.99 Å². The van der Waals surface area contributed by atoms with Crippen LogP contribution in [0.1, 0.15) is 34.4 Å². The van der Waals surface area contributed by atoms with Gasteiger partial charge in [0, 0.05) is 46.6 Å². The van der Waals surface area contributed by atoms with Crippen molar-refractivity contribution in [3.05, 3.63) is 198 Å². The van der Waals surface area contributed by atoms with Gasteiger partial charge >= 0.3 is 0 Å². The number of fused-ring (bicyclic) bond motifs is 13. The number of aliphatic imine (C=N–C) groups is 1. The molecule has 0 amide bonds. The van der Waals surface area contributed by atoms with E-state index in [1.165, 1.54) is 90.1 Å². The summed E-state index contributed by atoms with van der Waals surface area (Å²) in [5.41, 5.74) is 11.8. The summed E-state index contributed by atoms with van der Waals surface area (Å²) in [5.74, 6) is -0.0832. The van der Waals surface area contributed by atoms with Crippen molar-refractivity contribution in [3.63, 3.8) is 0 Å². The van der Waals surface area contributed by atoms with Crippen LogP contribution in [0, 0.1) is 0 Å². The average molecular weight is 738 g/mol. The molecule has 0 aliphatic heterocycles. The lowest BCUT2D eigenvalue weighted by molar-refractivity contribution is 1.05. The van der Waals surface area contributed by atoms with Crippen molar-refractivity contribution in [2.45, 2.75) is 19.3 Å². The van der Waals surface area contributed by atoms with E-state index in [9.17, 15) is 0 Å². The third-order valence-electron chi connectivity index (χ3n) is 11.5. The van der Waals surface area contributed by atoms with E-state index in [-0.39, 0.29) is 5.92 Å². The van der Waals surface area contributed by atoms with Crippen LogP contribution in [0.5, 0.6) is 0 Å². The topological polar surface area (TPSA) is 12.4 Å². The molecule has 55 heavy (non-hydrogen) atoms. The van der Waals surface area contributed by atoms with Crippen molar-refractivity contribution in [1.29, 1.82) is 0 Å². The van der Waals surface area contributed by atoms with Gasteiger partial charge in [-0.1, -0.05) is 165 Å². The van der Waals surface area contributed by atoms with Crippen LogP contribution in [-0.2, 0) is 6.42 Å². The van der Waals surface area contributed by atoms with E-state index in [2.05, 4.69) is 171 Å². The highest BCUT2D eigenvalue weighted by atomic mass is 32.1. The van der Waals surface area contributed by atoms with Gasteiger partial charge in [-0.3, -0.25) is 0 Å². The van der Waals surface area contributed by atoms with Crippen molar-refractivity contribution in [2.75, 3.05) is 0 Å². The zero-order chi connectivity index (χ0) is 36.6. The standard InChI is InChI=1S/C52H35NS2/c1-3-42-51(41-23-13-14-24-43(41)54-42)53-50(35-27-25-33(26-28-35)32-15-5-4-6-16-32)31(2)45-37-19-9-10-20-38(37)46-39-21-11-12-22-40(39)48-47-36-18-8-7-17-34(36)29-30-44(47)55-52(48)49(45)46/h4-30,45H,2-3H2,1H3. The highest BCUT2D eigenvalue weighted by molar-refractivity contribution is 7.26. The van der Waals surface area contributed by atoms with Crippen molar-refractivity contribution >= 4 is 85.9 Å². The minimum absolute atomic E-state index is 0.0832. The molecule has 0 radical (unpaired) electrons. The number of thiophene rings is 2. The maximum absolute atomic E-state index is 5.74. The molecule has 2 heterocycles. The molecule has 1 unspecified atom stereocenters.